The molecular weight excluding hydrogens is 174 g/mol. The lowest BCUT2D eigenvalue weighted by Gasteiger charge is -2.33. The second-order valence-electron chi connectivity index (χ2n) is 4.85. The van der Waals surface area contributed by atoms with Gasteiger partial charge in [-0.3, -0.25) is 4.90 Å². The first-order chi connectivity index (χ1) is 6.57. The summed E-state index contributed by atoms with van der Waals surface area (Å²) in [5, 5.41) is 0. The van der Waals surface area contributed by atoms with E-state index in [-0.39, 0.29) is 0 Å². The maximum absolute atomic E-state index is 5.82. The summed E-state index contributed by atoms with van der Waals surface area (Å²) in [6.45, 7) is 13.3. The standard InChI is InChI=1S/C12H25NO/c1-6-14-11-7-8-13(10(4)5)12(11)9(2)3/h9-12H,6-8H2,1-5H3. The molecule has 0 saturated carbocycles. The Morgan fingerprint density at radius 1 is 1.29 bits per heavy atom. The van der Waals surface area contributed by atoms with Crippen molar-refractivity contribution in [3.63, 3.8) is 0 Å². The van der Waals surface area contributed by atoms with Crippen molar-refractivity contribution in [2.24, 2.45) is 5.92 Å². The molecule has 1 saturated heterocycles. The van der Waals surface area contributed by atoms with E-state index in [9.17, 15) is 0 Å². The molecule has 1 aliphatic heterocycles. The molecule has 1 fully saturated rings. The van der Waals surface area contributed by atoms with Crippen molar-refractivity contribution in [3.05, 3.63) is 0 Å². The minimum atomic E-state index is 0.461. The molecule has 14 heavy (non-hydrogen) atoms. The predicted molar refractivity (Wildman–Crippen MR) is 60.5 cm³/mol. The Balaban J connectivity index is 2.64. The van der Waals surface area contributed by atoms with Crippen LogP contribution < -0.4 is 0 Å². The fourth-order valence-corrected chi connectivity index (χ4v) is 2.62. The van der Waals surface area contributed by atoms with Crippen LogP contribution in [0.4, 0.5) is 0 Å². The van der Waals surface area contributed by atoms with Gasteiger partial charge in [-0.05, 0) is 33.1 Å². The van der Waals surface area contributed by atoms with Crippen LogP contribution in [0.15, 0.2) is 0 Å². The van der Waals surface area contributed by atoms with Gasteiger partial charge in [0.15, 0.2) is 0 Å². The molecule has 84 valence electrons. The van der Waals surface area contributed by atoms with Crippen molar-refractivity contribution < 1.29 is 4.74 Å². The molecule has 0 aromatic heterocycles. The van der Waals surface area contributed by atoms with E-state index in [1.165, 1.54) is 13.0 Å². The maximum atomic E-state index is 5.82. The third kappa shape index (κ3) is 2.48. The van der Waals surface area contributed by atoms with Gasteiger partial charge < -0.3 is 4.74 Å². The van der Waals surface area contributed by atoms with Crippen LogP contribution in [0.1, 0.15) is 41.0 Å². The van der Waals surface area contributed by atoms with E-state index in [1.807, 2.05) is 0 Å². The Labute approximate surface area is 88.6 Å². The van der Waals surface area contributed by atoms with Crippen molar-refractivity contribution in [2.75, 3.05) is 13.2 Å². The molecule has 0 aromatic rings. The molecule has 2 atom stereocenters. The number of ether oxygens (including phenoxy) is 1. The molecule has 0 bridgehead atoms. The van der Waals surface area contributed by atoms with E-state index in [0.29, 0.717) is 24.1 Å². The van der Waals surface area contributed by atoms with Crippen molar-refractivity contribution in [3.8, 4) is 0 Å². The SMILES string of the molecule is CCOC1CCN(C(C)C)C1C(C)C. The Morgan fingerprint density at radius 2 is 1.93 bits per heavy atom. The van der Waals surface area contributed by atoms with Gasteiger partial charge in [0.25, 0.3) is 0 Å². The minimum Gasteiger partial charge on any atom is -0.377 e. The third-order valence-corrected chi connectivity index (χ3v) is 3.16. The molecule has 2 unspecified atom stereocenters. The van der Waals surface area contributed by atoms with Crippen LogP contribution in [0.25, 0.3) is 0 Å². The number of likely N-dealkylation sites (tertiary alicyclic amines) is 1. The number of hydrogen-bond donors (Lipinski definition) is 0. The number of rotatable bonds is 4. The van der Waals surface area contributed by atoms with Crippen molar-refractivity contribution in [2.45, 2.75) is 59.2 Å². The first-order valence-electron chi connectivity index (χ1n) is 5.95. The van der Waals surface area contributed by atoms with Crippen LogP contribution in [-0.4, -0.2) is 36.2 Å². The van der Waals surface area contributed by atoms with Crippen LogP contribution in [-0.2, 0) is 4.74 Å². The Morgan fingerprint density at radius 3 is 2.36 bits per heavy atom. The van der Waals surface area contributed by atoms with Crippen LogP contribution in [0.5, 0.6) is 0 Å². The molecule has 1 heterocycles. The van der Waals surface area contributed by atoms with Gasteiger partial charge >= 0.3 is 0 Å². The van der Waals surface area contributed by atoms with Gasteiger partial charge in [0.2, 0.25) is 0 Å². The average molecular weight is 199 g/mol. The fourth-order valence-electron chi connectivity index (χ4n) is 2.62. The molecule has 2 nitrogen and oxygen atoms in total. The van der Waals surface area contributed by atoms with Gasteiger partial charge in [0.05, 0.1) is 6.10 Å². The first-order valence-corrected chi connectivity index (χ1v) is 5.95. The van der Waals surface area contributed by atoms with Crippen molar-refractivity contribution in [1.29, 1.82) is 0 Å². The number of nitrogens with zero attached hydrogens (tertiary/aromatic N) is 1. The summed E-state index contributed by atoms with van der Waals surface area (Å²) in [5.41, 5.74) is 0. The Kier molecular flexibility index (Phi) is 4.39. The third-order valence-electron chi connectivity index (χ3n) is 3.16. The highest BCUT2D eigenvalue weighted by Gasteiger charge is 2.37. The summed E-state index contributed by atoms with van der Waals surface area (Å²) in [4.78, 5) is 2.59. The largest absolute Gasteiger partial charge is 0.377 e. The molecule has 0 aliphatic carbocycles. The van der Waals surface area contributed by atoms with Gasteiger partial charge in [-0.15, -0.1) is 0 Å². The normalized spacial score (nSPS) is 29.4. The zero-order valence-corrected chi connectivity index (χ0v) is 10.3. The topological polar surface area (TPSA) is 12.5 Å². The van der Waals surface area contributed by atoms with Gasteiger partial charge in [0.1, 0.15) is 0 Å². The monoisotopic (exact) mass is 199 g/mol. The van der Waals surface area contributed by atoms with Crippen LogP contribution in [0.3, 0.4) is 0 Å². The van der Waals surface area contributed by atoms with E-state index >= 15 is 0 Å². The average Bonchev–Trinajstić information content (AvgIpc) is 2.48. The summed E-state index contributed by atoms with van der Waals surface area (Å²) < 4.78 is 5.82. The summed E-state index contributed by atoms with van der Waals surface area (Å²) in [6.07, 6.45) is 1.66. The lowest BCUT2D eigenvalue weighted by molar-refractivity contribution is 0.0118. The molecule has 1 aliphatic rings. The molecule has 0 N–H and O–H groups in total. The summed E-state index contributed by atoms with van der Waals surface area (Å²) in [5.74, 6) is 0.691. The first kappa shape index (κ1) is 12.0. The Hall–Kier alpha value is -0.0800. The molecule has 2 heteroatoms. The molecule has 0 aromatic carbocycles. The van der Waals surface area contributed by atoms with Crippen molar-refractivity contribution in [1.82, 2.24) is 4.90 Å². The van der Waals surface area contributed by atoms with Gasteiger partial charge in [-0.1, -0.05) is 13.8 Å². The quantitative estimate of drug-likeness (QED) is 0.690. The Bertz CT molecular complexity index is 168. The van der Waals surface area contributed by atoms with Crippen molar-refractivity contribution >= 4 is 0 Å². The van der Waals surface area contributed by atoms with Gasteiger partial charge in [-0.2, -0.15) is 0 Å². The summed E-state index contributed by atoms with van der Waals surface area (Å²) in [6, 6.07) is 1.27. The van der Waals surface area contributed by atoms with E-state index in [1.54, 1.807) is 0 Å². The van der Waals surface area contributed by atoms with Crippen LogP contribution in [0.2, 0.25) is 0 Å². The second kappa shape index (κ2) is 5.13. The highest BCUT2D eigenvalue weighted by atomic mass is 16.5. The highest BCUT2D eigenvalue weighted by molar-refractivity contribution is 4.91. The lowest BCUT2D eigenvalue weighted by Crippen LogP contribution is -2.43. The minimum absolute atomic E-state index is 0.461. The van der Waals surface area contributed by atoms with E-state index in [0.717, 1.165) is 6.61 Å². The van der Waals surface area contributed by atoms with Gasteiger partial charge in [0, 0.05) is 25.2 Å². The fraction of sp³-hybridized carbons (Fsp3) is 1.00. The van der Waals surface area contributed by atoms with Crippen LogP contribution in [0, 0.1) is 5.92 Å². The second-order valence-corrected chi connectivity index (χ2v) is 4.85. The molecule has 0 radical (unpaired) electrons. The number of hydrogen-bond acceptors (Lipinski definition) is 2. The zero-order valence-electron chi connectivity index (χ0n) is 10.3. The predicted octanol–water partition coefficient (Wildman–Crippen LogP) is 2.53. The van der Waals surface area contributed by atoms with Gasteiger partial charge in [-0.25, -0.2) is 0 Å². The maximum Gasteiger partial charge on any atom is 0.0744 e. The smallest absolute Gasteiger partial charge is 0.0744 e. The zero-order chi connectivity index (χ0) is 10.7. The van der Waals surface area contributed by atoms with E-state index in [4.69, 9.17) is 4.74 Å². The molecule has 1 rings (SSSR count). The summed E-state index contributed by atoms with van der Waals surface area (Å²) in [7, 11) is 0. The molecular formula is C12H25NO. The lowest BCUT2D eigenvalue weighted by atomic mass is 9.98. The molecule has 0 amide bonds. The van der Waals surface area contributed by atoms with E-state index < -0.39 is 0 Å². The highest BCUT2D eigenvalue weighted by Crippen LogP contribution is 2.28. The molecule has 0 spiro atoms. The summed E-state index contributed by atoms with van der Waals surface area (Å²) >= 11 is 0. The van der Waals surface area contributed by atoms with Crippen LogP contribution >= 0.6 is 0 Å². The van der Waals surface area contributed by atoms with E-state index in [2.05, 4.69) is 39.5 Å².